The highest BCUT2D eigenvalue weighted by atomic mass is 35.5. The van der Waals surface area contributed by atoms with Crippen molar-refractivity contribution in [3.8, 4) is 0 Å². The van der Waals surface area contributed by atoms with Crippen LogP contribution in [0.15, 0.2) is 36.4 Å². The molecule has 21 heavy (non-hydrogen) atoms. The molecule has 1 amide bonds. The van der Waals surface area contributed by atoms with Crippen molar-refractivity contribution in [2.45, 2.75) is 0 Å². The van der Waals surface area contributed by atoms with Gasteiger partial charge < -0.3 is 16.2 Å². The van der Waals surface area contributed by atoms with Crippen molar-refractivity contribution in [3.63, 3.8) is 0 Å². The number of nitrogen functional groups attached to an aromatic ring is 1. The van der Waals surface area contributed by atoms with Crippen LogP contribution in [0, 0.1) is 5.82 Å². The van der Waals surface area contributed by atoms with Gasteiger partial charge in [-0.15, -0.1) is 0 Å². The molecule has 0 radical (unpaired) electrons. The number of nitrogens with one attached hydrogen (secondary N) is 1. The van der Waals surface area contributed by atoms with Crippen LogP contribution in [-0.2, 0) is 0 Å². The van der Waals surface area contributed by atoms with E-state index >= 15 is 0 Å². The molecule has 7 heteroatoms. The molecular formula is C14H10ClFN2O3. The lowest BCUT2D eigenvalue weighted by Gasteiger charge is -2.09. The van der Waals surface area contributed by atoms with Crippen LogP contribution in [-0.4, -0.2) is 17.0 Å². The average Bonchev–Trinajstić information content (AvgIpc) is 2.41. The van der Waals surface area contributed by atoms with Gasteiger partial charge in [0.1, 0.15) is 5.82 Å². The minimum Gasteiger partial charge on any atom is -0.478 e. The van der Waals surface area contributed by atoms with E-state index in [0.717, 1.165) is 12.1 Å². The molecule has 0 bridgehead atoms. The van der Waals surface area contributed by atoms with E-state index in [9.17, 15) is 14.0 Å². The van der Waals surface area contributed by atoms with Crippen LogP contribution in [0.1, 0.15) is 20.7 Å². The fourth-order valence-electron chi connectivity index (χ4n) is 1.68. The Balaban J connectivity index is 2.33. The summed E-state index contributed by atoms with van der Waals surface area (Å²) in [6.07, 6.45) is 0. The quantitative estimate of drug-likeness (QED) is 0.760. The zero-order valence-electron chi connectivity index (χ0n) is 10.6. The molecule has 2 aromatic rings. The summed E-state index contributed by atoms with van der Waals surface area (Å²) < 4.78 is 13.1. The van der Waals surface area contributed by atoms with Gasteiger partial charge in [-0.2, -0.15) is 0 Å². The number of carbonyl (C=O) groups excluding carboxylic acids is 1. The first-order valence-corrected chi connectivity index (χ1v) is 6.15. The number of rotatable bonds is 3. The van der Waals surface area contributed by atoms with Crippen molar-refractivity contribution in [2.24, 2.45) is 0 Å². The van der Waals surface area contributed by atoms with Gasteiger partial charge in [-0.05, 0) is 36.4 Å². The van der Waals surface area contributed by atoms with Gasteiger partial charge in [0.05, 0.1) is 16.3 Å². The zero-order chi connectivity index (χ0) is 15.6. The number of benzene rings is 2. The summed E-state index contributed by atoms with van der Waals surface area (Å²) in [6.45, 7) is 0. The first kappa shape index (κ1) is 14.8. The van der Waals surface area contributed by atoms with Crippen molar-refractivity contribution >= 4 is 34.9 Å². The number of carboxylic acid groups (broad SMARTS) is 1. The summed E-state index contributed by atoms with van der Waals surface area (Å²) in [5, 5.41) is 11.3. The SMILES string of the molecule is Nc1ccc(C(=O)O)c(NC(=O)c2ccc(F)c(Cl)c2)c1. The number of halogens is 2. The van der Waals surface area contributed by atoms with Crippen LogP contribution in [0.2, 0.25) is 5.02 Å². The third-order valence-corrected chi connectivity index (χ3v) is 2.99. The smallest absolute Gasteiger partial charge is 0.337 e. The second-order valence-corrected chi connectivity index (χ2v) is 4.60. The van der Waals surface area contributed by atoms with Crippen LogP contribution in [0.25, 0.3) is 0 Å². The van der Waals surface area contributed by atoms with E-state index in [0.29, 0.717) is 5.69 Å². The summed E-state index contributed by atoms with van der Waals surface area (Å²) in [7, 11) is 0. The number of carboxylic acids is 1. The lowest BCUT2D eigenvalue weighted by atomic mass is 10.1. The summed E-state index contributed by atoms with van der Waals surface area (Å²) in [4.78, 5) is 23.1. The number of amides is 1. The first-order chi connectivity index (χ1) is 9.88. The topological polar surface area (TPSA) is 92.4 Å². The van der Waals surface area contributed by atoms with Crippen LogP contribution in [0.4, 0.5) is 15.8 Å². The molecule has 0 unspecified atom stereocenters. The second kappa shape index (κ2) is 5.80. The minimum atomic E-state index is -1.21. The summed E-state index contributed by atoms with van der Waals surface area (Å²) in [5.41, 5.74) is 5.91. The molecule has 5 nitrogen and oxygen atoms in total. The maximum atomic E-state index is 13.1. The highest BCUT2D eigenvalue weighted by Crippen LogP contribution is 2.21. The molecular weight excluding hydrogens is 299 g/mol. The molecule has 4 N–H and O–H groups in total. The molecule has 0 aliphatic carbocycles. The average molecular weight is 309 g/mol. The van der Waals surface area contributed by atoms with Crippen molar-refractivity contribution in [1.82, 2.24) is 0 Å². The number of hydrogen-bond donors (Lipinski definition) is 3. The van der Waals surface area contributed by atoms with E-state index in [1.54, 1.807) is 0 Å². The van der Waals surface area contributed by atoms with Gasteiger partial charge in [-0.3, -0.25) is 4.79 Å². The van der Waals surface area contributed by atoms with E-state index < -0.39 is 17.7 Å². The van der Waals surface area contributed by atoms with Crippen molar-refractivity contribution in [3.05, 3.63) is 58.4 Å². The van der Waals surface area contributed by atoms with Crippen molar-refractivity contribution < 1.29 is 19.1 Å². The Morgan fingerprint density at radius 1 is 1.19 bits per heavy atom. The van der Waals surface area contributed by atoms with Gasteiger partial charge in [0.2, 0.25) is 0 Å². The summed E-state index contributed by atoms with van der Waals surface area (Å²) in [6, 6.07) is 7.46. The number of hydrogen-bond acceptors (Lipinski definition) is 3. The second-order valence-electron chi connectivity index (χ2n) is 4.19. The van der Waals surface area contributed by atoms with Crippen LogP contribution in [0.5, 0.6) is 0 Å². The number of nitrogens with two attached hydrogens (primary N) is 1. The van der Waals surface area contributed by atoms with E-state index in [2.05, 4.69) is 5.32 Å². The van der Waals surface area contributed by atoms with Crippen molar-refractivity contribution in [2.75, 3.05) is 11.1 Å². The van der Waals surface area contributed by atoms with Gasteiger partial charge in [0, 0.05) is 11.3 Å². The van der Waals surface area contributed by atoms with Crippen molar-refractivity contribution in [1.29, 1.82) is 0 Å². The zero-order valence-corrected chi connectivity index (χ0v) is 11.3. The molecule has 0 aliphatic rings. The number of carbonyl (C=O) groups is 2. The summed E-state index contributed by atoms with van der Waals surface area (Å²) in [5.74, 6) is -2.48. The lowest BCUT2D eigenvalue weighted by molar-refractivity contribution is 0.0698. The Hall–Kier alpha value is -2.60. The molecule has 0 aliphatic heterocycles. The molecule has 2 rings (SSSR count). The Morgan fingerprint density at radius 3 is 2.52 bits per heavy atom. The van der Waals surface area contributed by atoms with Gasteiger partial charge >= 0.3 is 5.97 Å². The molecule has 0 saturated carbocycles. The van der Waals surface area contributed by atoms with Gasteiger partial charge in [-0.25, -0.2) is 9.18 Å². The number of aromatic carboxylic acids is 1. The lowest BCUT2D eigenvalue weighted by Crippen LogP contribution is -2.15. The Bertz CT molecular complexity index is 734. The highest BCUT2D eigenvalue weighted by molar-refractivity contribution is 6.31. The monoisotopic (exact) mass is 308 g/mol. The normalized spacial score (nSPS) is 10.2. The van der Waals surface area contributed by atoms with E-state index in [1.165, 1.54) is 24.3 Å². The Morgan fingerprint density at radius 2 is 1.90 bits per heavy atom. The standard InChI is InChI=1S/C14H10ClFN2O3/c15-10-5-7(1-4-11(10)16)13(19)18-12-6-8(17)2-3-9(12)14(20)21/h1-6H,17H2,(H,18,19)(H,20,21). The Kier molecular flexibility index (Phi) is 4.09. The van der Waals surface area contributed by atoms with Crippen LogP contribution in [0.3, 0.4) is 0 Å². The number of anilines is 2. The highest BCUT2D eigenvalue weighted by Gasteiger charge is 2.15. The maximum absolute atomic E-state index is 13.1. The molecule has 0 spiro atoms. The molecule has 0 atom stereocenters. The molecule has 108 valence electrons. The largest absolute Gasteiger partial charge is 0.478 e. The summed E-state index contributed by atoms with van der Waals surface area (Å²) >= 11 is 5.60. The maximum Gasteiger partial charge on any atom is 0.337 e. The molecule has 0 fully saturated rings. The third kappa shape index (κ3) is 3.29. The van der Waals surface area contributed by atoms with Gasteiger partial charge in [0.25, 0.3) is 5.91 Å². The predicted octanol–water partition coefficient (Wildman–Crippen LogP) is 3.01. The predicted molar refractivity (Wildman–Crippen MR) is 77.2 cm³/mol. The van der Waals surface area contributed by atoms with Crippen LogP contribution < -0.4 is 11.1 Å². The fraction of sp³-hybridized carbons (Fsp3) is 0. The molecule has 0 saturated heterocycles. The molecule has 0 aromatic heterocycles. The minimum absolute atomic E-state index is 0.0490. The van der Waals surface area contributed by atoms with E-state index in [4.69, 9.17) is 22.4 Å². The van der Waals surface area contributed by atoms with E-state index in [1.807, 2.05) is 0 Å². The molecule has 0 heterocycles. The molecule has 2 aromatic carbocycles. The Labute approximate surface area is 124 Å². The third-order valence-electron chi connectivity index (χ3n) is 2.70. The van der Waals surface area contributed by atoms with Gasteiger partial charge in [0.15, 0.2) is 0 Å². The van der Waals surface area contributed by atoms with Gasteiger partial charge in [-0.1, -0.05) is 11.6 Å². The fourth-order valence-corrected chi connectivity index (χ4v) is 1.86. The first-order valence-electron chi connectivity index (χ1n) is 5.77. The van der Waals surface area contributed by atoms with Crippen LogP contribution >= 0.6 is 11.6 Å². The van der Waals surface area contributed by atoms with E-state index in [-0.39, 0.29) is 21.8 Å².